The molecular formula is C20H40. The Morgan fingerprint density at radius 3 is 0.500 bits per heavy atom. The molecule has 0 atom stereocenters. The van der Waals surface area contributed by atoms with Crippen LogP contribution in [0.2, 0.25) is 0 Å². The summed E-state index contributed by atoms with van der Waals surface area (Å²) in [5.41, 5.74) is 0. The molecule has 0 saturated carbocycles. The average molecular weight is 281 g/mol. The molecule has 0 rings (SSSR count). The van der Waals surface area contributed by atoms with Crippen molar-refractivity contribution >= 4 is 0 Å². The molecule has 120 valence electrons. The first-order valence-electron chi connectivity index (χ1n) is 5.50. The van der Waals surface area contributed by atoms with E-state index in [9.17, 15) is 0 Å². The monoisotopic (exact) mass is 280 g/mol. The third kappa shape index (κ3) is 2360. The molecule has 0 spiro atoms. The van der Waals surface area contributed by atoms with Crippen LogP contribution < -0.4 is 0 Å². The predicted molar refractivity (Wildman–Crippen MR) is 110 cm³/mol. The van der Waals surface area contributed by atoms with Gasteiger partial charge in [0.15, 0.2) is 0 Å². The standard InChI is InChI=1S/C4H8.8C2H4/c1-3-4-2;8*1-2/h1-4H2;8*1-2H2. The summed E-state index contributed by atoms with van der Waals surface area (Å²) < 4.78 is 0. The zero-order valence-electron chi connectivity index (χ0n) is 14.1. The summed E-state index contributed by atoms with van der Waals surface area (Å²) in [7, 11) is 0. The first-order chi connectivity index (χ1) is 9.91. The fourth-order valence-electron chi connectivity index (χ4n) is 0. The summed E-state index contributed by atoms with van der Waals surface area (Å²) >= 11 is 0. The molecule has 0 radical (unpaired) electrons. The Labute approximate surface area is 132 Å². The molecule has 0 heteroatoms. The van der Waals surface area contributed by atoms with Crippen LogP contribution in [0.1, 0.15) is 12.8 Å². The predicted octanol–water partition coefficient (Wildman–Crippen LogP) is 7.85. The maximum absolute atomic E-state index is 3.54. The van der Waals surface area contributed by atoms with Crippen LogP contribution in [0.4, 0.5) is 0 Å². The van der Waals surface area contributed by atoms with E-state index in [1.54, 1.807) is 0 Å². The molecule has 0 aliphatic rings. The van der Waals surface area contributed by atoms with E-state index in [0.717, 1.165) is 12.8 Å². The largest absolute Gasteiger partial charge is 0.339 e. The molecule has 0 aromatic carbocycles. The van der Waals surface area contributed by atoms with Gasteiger partial charge in [0, 0.05) is 0 Å². The Bertz CT molecular complexity index is 40.4. The summed E-state index contributed by atoms with van der Waals surface area (Å²) in [5, 5.41) is 0. The van der Waals surface area contributed by atoms with Gasteiger partial charge >= 0.3 is 0 Å². The Balaban J connectivity index is -0.00000000993. The van der Waals surface area contributed by atoms with Crippen LogP contribution in [0.5, 0.6) is 0 Å². The van der Waals surface area contributed by atoms with Crippen LogP contribution in [0.25, 0.3) is 0 Å². The van der Waals surface area contributed by atoms with Gasteiger partial charge in [-0.3, -0.25) is 0 Å². The van der Waals surface area contributed by atoms with Crippen LogP contribution >= 0.6 is 0 Å². The van der Waals surface area contributed by atoms with E-state index >= 15 is 0 Å². The summed E-state index contributed by atoms with van der Waals surface area (Å²) in [6, 6.07) is 0. The minimum absolute atomic E-state index is 0.958. The van der Waals surface area contributed by atoms with Crippen molar-refractivity contribution < 1.29 is 0 Å². The van der Waals surface area contributed by atoms with Gasteiger partial charge in [0.25, 0.3) is 0 Å². The molecule has 0 aliphatic carbocycles. The summed E-state index contributed by atoms with van der Waals surface area (Å²) in [6.07, 6.45) is 1.92. The lowest BCUT2D eigenvalue weighted by molar-refractivity contribution is 1.05. The third-order valence-electron chi connectivity index (χ3n) is 0.250. The molecule has 0 aromatic heterocycles. The highest BCUT2D eigenvalue weighted by molar-refractivity contribution is 4.38. The molecule has 0 N–H and O–H groups in total. The molecule has 0 heterocycles. The van der Waals surface area contributed by atoms with Gasteiger partial charge in [0.1, 0.15) is 0 Å². The topological polar surface area (TPSA) is 0 Å². The first-order valence-corrected chi connectivity index (χ1v) is 5.50. The first kappa shape index (κ1) is 64.9. The van der Waals surface area contributed by atoms with Crippen molar-refractivity contribution in [2.75, 3.05) is 0 Å². The number of hydrogen-bond acceptors (Lipinski definition) is 0. The Morgan fingerprint density at radius 1 is 0.450 bits per heavy atom. The number of hydrogen-bond donors (Lipinski definition) is 0. The van der Waals surface area contributed by atoms with Gasteiger partial charge in [-0.25, -0.2) is 0 Å². The molecule has 0 bridgehead atoms. The minimum Gasteiger partial charge on any atom is -0.339 e. The Kier molecular flexibility index (Phi) is 308000. The van der Waals surface area contributed by atoms with Crippen LogP contribution in [0.3, 0.4) is 0 Å². The van der Waals surface area contributed by atoms with E-state index in [0.29, 0.717) is 0 Å². The maximum atomic E-state index is 3.54. The van der Waals surface area contributed by atoms with Gasteiger partial charge in [-0.05, 0) is 0 Å². The van der Waals surface area contributed by atoms with Gasteiger partial charge in [-0.2, -0.15) is 0 Å². The second kappa shape index (κ2) is 94900. The molecule has 20 heavy (non-hydrogen) atoms. The third-order valence-corrected chi connectivity index (χ3v) is 0.250. The highest BCUT2D eigenvalue weighted by atomic mass is 13.6. The van der Waals surface area contributed by atoms with E-state index in [4.69, 9.17) is 0 Å². The van der Waals surface area contributed by atoms with E-state index < -0.39 is 0 Å². The normalized spacial score (nSPS) is 3.05. The van der Waals surface area contributed by atoms with E-state index in [-0.39, 0.29) is 0 Å². The molecule has 0 fully saturated rings. The molecular weight excluding hydrogens is 240 g/mol. The van der Waals surface area contributed by atoms with Crippen LogP contribution in [0.15, 0.2) is 105 Å². The second-order valence-corrected chi connectivity index (χ2v) is 0.707. The molecule has 0 aromatic rings. The zero-order valence-corrected chi connectivity index (χ0v) is 14.1. The minimum atomic E-state index is 0.958. The highest BCUT2D eigenvalue weighted by Crippen LogP contribution is 1.75. The Morgan fingerprint density at radius 2 is 0.500 bits per heavy atom. The zero-order chi connectivity index (χ0) is 19.4. The van der Waals surface area contributed by atoms with Crippen LogP contribution in [-0.4, -0.2) is 0 Å². The van der Waals surface area contributed by atoms with Crippen molar-refractivity contribution in [1.29, 1.82) is 0 Å². The van der Waals surface area contributed by atoms with E-state index in [1.807, 2.05) is 0 Å². The van der Waals surface area contributed by atoms with Crippen molar-refractivity contribution in [2.24, 2.45) is 0 Å². The van der Waals surface area contributed by atoms with Gasteiger partial charge in [0.05, 0.1) is 13.3 Å². The maximum Gasteiger partial charge on any atom is 0.0587 e. The quantitative estimate of drug-likeness (QED) is 0.339. The van der Waals surface area contributed by atoms with Crippen molar-refractivity contribution in [1.82, 2.24) is 0 Å². The lowest BCUT2D eigenvalue weighted by atomic mass is 10.4. The second-order valence-electron chi connectivity index (χ2n) is 0.707. The number of unbranched alkanes of at least 4 members (excludes halogenated alkanes) is 1. The fraction of sp³-hybridized carbons (Fsp3) is 0.100. The summed E-state index contributed by atoms with van der Waals surface area (Å²) in [6.45, 7) is 55.1. The smallest absolute Gasteiger partial charge is 0.0587 e. The molecule has 0 nitrogen and oxygen atoms in total. The number of rotatable bonds is 1. The van der Waals surface area contributed by atoms with Gasteiger partial charge in [0.2, 0.25) is 0 Å². The fourth-order valence-corrected chi connectivity index (χ4v) is 0. The van der Waals surface area contributed by atoms with Crippen LogP contribution in [0, 0.1) is 13.8 Å². The van der Waals surface area contributed by atoms with Crippen molar-refractivity contribution in [3.8, 4) is 0 Å². The van der Waals surface area contributed by atoms with E-state index in [2.05, 4.69) is 119 Å². The molecule has 0 aliphatic heterocycles. The van der Waals surface area contributed by atoms with Gasteiger partial charge in [-0.1, -0.05) is 0 Å². The van der Waals surface area contributed by atoms with Crippen molar-refractivity contribution in [3.05, 3.63) is 119 Å². The molecule has 0 amide bonds. The summed E-state index contributed by atoms with van der Waals surface area (Å²) in [5.74, 6) is 0. The van der Waals surface area contributed by atoms with Crippen molar-refractivity contribution in [2.45, 2.75) is 12.8 Å². The average Bonchev–Trinajstić information content (AvgIpc) is 2.68. The Hall–Kier alpha value is -2.21. The van der Waals surface area contributed by atoms with Crippen molar-refractivity contribution in [3.63, 3.8) is 0 Å². The highest BCUT2D eigenvalue weighted by Gasteiger charge is 1.57. The van der Waals surface area contributed by atoms with E-state index in [1.165, 1.54) is 0 Å². The SMILES string of the molecule is C=C.C=C.C=C.C=C.C=C.C=C.C=C.C=C.[CH2+]CC[CH2-]. The molecule has 0 unspecified atom stereocenters. The molecule has 0 saturated heterocycles. The van der Waals surface area contributed by atoms with Crippen LogP contribution in [-0.2, 0) is 0 Å². The van der Waals surface area contributed by atoms with Gasteiger partial charge < -0.3 is 6.92 Å². The lowest BCUT2D eigenvalue weighted by Gasteiger charge is -1.71. The summed E-state index contributed by atoms with van der Waals surface area (Å²) in [4.78, 5) is 0. The lowest BCUT2D eigenvalue weighted by Crippen LogP contribution is -1.49. The van der Waals surface area contributed by atoms with Gasteiger partial charge in [-0.15, -0.1) is 112 Å².